The Hall–Kier alpha value is -3.12. The van der Waals surface area contributed by atoms with Gasteiger partial charge in [0.15, 0.2) is 0 Å². The number of hydrogen-bond donors (Lipinski definition) is 0. The van der Waals surface area contributed by atoms with E-state index < -0.39 is 0 Å². The summed E-state index contributed by atoms with van der Waals surface area (Å²) >= 11 is 1.76. The largest absolute Gasteiger partial charge is 0.494 e. The average molecular weight is 445 g/mol. The van der Waals surface area contributed by atoms with Crippen molar-refractivity contribution < 1.29 is 4.74 Å². The van der Waals surface area contributed by atoms with Gasteiger partial charge < -0.3 is 14.5 Å². The van der Waals surface area contributed by atoms with Gasteiger partial charge in [-0.3, -0.25) is 0 Å². The van der Waals surface area contributed by atoms with E-state index in [4.69, 9.17) is 14.7 Å². The second-order valence-electron chi connectivity index (χ2n) is 8.07. The van der Waals surface area contributed by atoms with Gasteiger partial charge in [0.2, 0.25) is 0 Å². The van der Waals surface area contributed by atoms with Gasteiger partial charge in [-0.2, -0.15) is 0 Å². The molecule has 1 fully saturated rings. The number of aromatic nitrogens is 2. The molecule has 5 rings (SSSR count). The Morgan fingerprint density at radius 3 is 2.25 bits per heavy atom. The minimum absolute atomic E-state index is 0.673. The van der Waals surface area contributed by atoms with Crippen molar-refractivity contribution in [3.8, 4) is 16.9 Å². The second-order valence-corrected chi connectivity index (χ2v) is 9.28. The number of benzene rings is 2. The standard InChI is InChI=1S/C26H28N4OS/c1-4-31-22-12-10-20(11-13-22)23-18(2)32-26-24(23)25(27-19(3)28-26)30-16-14-29(15-17-30)21-8-6-5-7-9-21/h5-13H,4,14-17H2,1-3H3. The zero-order chi connectivity index (χ0) is 22.1. The van der Waals surface area contributed by atoms with Gasteiger partial charge in [0, 0.05) is 42.3 Å². The molecular formula is C26H28N4OS. The van der Waals surface area contributed by atoms with Gasteiger partial charge in [-0.05, 0) is 50.6 Å². The van der Waals surface area contributed by atoms with Crippen molar-refractivity contribution in [2.24, 2.45) is 0 Å². The van der Waals surface area contributed by atoms with Crippen LogP contribution in [0.1, 0.15) is 17.6 Å². The molecular weight excluding hydrogens is 416 g/mol. The van der Waals surface area contributed by atoms with Crippen molar-refractivity contribution in [3.05, 3.63) is 65.3 Å². The van der Waals surface area contributed by atoms with Crippen LogP contribution in [-0.2, 0) is 0 Å². The molecule has 164 valence electrons. The molecule has 0 unspecified atom stereocenters. The summed E-state index contributed by atoms with van der Waals surface area (Å²) in [5.74, 6) is 2.80. The summed E-state index contributed by atoms with van der Waals surface area (Å²) in [5, 5.41) is 1.18. The Balaban J connectivity index is 1.51. The molecule has 2 aromatic heterocycles. The zero-order valence-corrected chi connectivity index (χ0v) is 19.7. The Morgan fingerprint density at radius 1 is 0.875 bits per heavy atom. The highest BCUT2D eigenvalue weighted by atomic mass is 32.1. The van der Waals surface area contributed by atoms with Crippen LogP contribution in [0.25, 0.3) is 21.3 Å². The monoisotopic (exact) mass is 444 g/mol. The minimum atomic E-state index is 0.673. The normalized spacial score (nSPS) is 14.2. The fourth-order valence-electron chi connectivity index (χ4n) is 4.47. The zero-order valence-electron chi connectivity index (χ0n) is 18.8. The van der Waals surface area contributed by atoms with Crippen LogP contribution < -0.4 is 14.5 Å². The minimum Gasteiger partial charge on any atom is -0.494 e. The first-order valence-electron chi connectivity index (χ1n) is 11.2. The van der Waals surface area contributed by atoms with E-state index in [0.29, 0.717) is 6.61 Å². The number of ether oxygens (including phenoxy) is 1. The van der Waals surface area contributed by atoms with Gasteiger partial charge in [-0.25, -0.2) is 9.97 Å². The molecule has 1 saturated heterocycles. The smallest absolute Gasteiger partial charge is 0.141 e. The van der Waals surface area contributed by atoms with Crippen LogP contribution in [0.4, 0.5) is 11.5 Å². The number of thiophene rings is 1. The molecule has 4 aromatic rings. The quantitative estimate of drug-likeness (QED) is 0.395. The fourth-order valence-corrected chi connectivity index (χ4v) is 5.56. The molecule has 2 aromatic carbocycles. The molecule has 0 N–H and O–H groups in total. The summed E-state index contributed by atoms with van der Waals surface area (Å²) in [6, 6.07) is 19.1. The van der Waals surface area contributed by atoms with E-state index in [0.717, 1.165) is 48.4 Å². The number of piperazine rings is 1. The predicted octanol–water partition coefficient (Wildman–Crippen LogP) is 5.70. The number of anilines is 2. The summed E-state index contributed by atoms with van der Waals surface area (Å²) < 4.78 is 5.64. The Labute approximate surface area is 193 Å². The van der Waals surface area contributed by atoms with Crippen molar-refractivity contribution in [3.63, 3.8) is 0 Å². The molecule has 32 heavy (non-hydrogen) atoms. The second kappa shape index (κ2) is 8.79. The summed E-state index contributed by atoms with van der Waals surface area (Å²) in [7, 11) is 0. The number of rotatable bonds is 5. The first kappa shape index (κ1) is 20.8. The van der Waals surface area contributed by atoms with Crippen LogP contribution >= 0.6 is 11.3 Å². The molecule has 6 heteroatoms. The Kier molecular flexibility index (Phi) is 5.70. The molecule has 0 radical (unpaired) electrons. The van der Waals surface area contributed by atoms with Gasteiger partial charge in [-0.1, -0.05) is 30.3 Å². The third-order valence-corrected chi connectivity index (χ3v) is 6.97. The van der Waals surface area contributed by atoms with E-state index in [1.807, 2.05) is 13.8 Å². The predicted molar refractivity (Wildman–Crippen MR) is 134 cm³/mol. The fraction of sp³-hybridized carbons (Fsp3) is 0.308. The van der Waals surface area contributed by atoms with E-state index in [9.17, 15) is 0 Å². The first-order chi connectivity index (χ1) is 15.6. The first-order valence-corrected chi connectivity index (χ1v) is 12.0. The summed E-state index contributed by atoms with van der Waals surface area (Å²) in [5.41, 5.74) is 3.72. The van der Waals surface area contributed by atoms with E-state index in [1.165, 1.54) is 27.1 Å². The average Bonchev–Trinajstić information content (AvgIpc) is 3.15. The summed E-state index contributed by atoms with van der Waals surface area (Å²) in [6.45, 7) is 10.7. The summed E-state index contributed by atoms with van der Waals surface area (Å²) in [6.07, 6.45) is 0. The summed E-state index contributed by atoms with van der Waals surface area (Å²) in [4.78, 5) is 17.0. The maximum Gasteiger partial charge on any atom is 0.141 e. The number of para-hydroxylation sites is 1. The van der Waals surface area contributed by atoms with Crippen molar-refractivity contribution in [2.75, 3.05) is 42.6 Å². The van der Waals surface area contributed by atoms with Gasteiger partial charge in [0.05, 0.1) is 12.0 Å². The third-order valence-electron chi connectivity index (χ3n) is 5.97. The van der Waals surface area contributed by atoms with Crippen molar-refractivity contribution in [2.45, 2.75) is 20.8 Å². The number of hydrogen-bond acceptors (Lipinski definition) is 6. The van der Waals surface area contributed by atoms with Crippen LogP contribution in [0.5, 0.6) is 5.75 Å². The lowest BCUT2D eigenvalue weighted by Crippen LogP contribution is -2.47. The van der Waals surface area contributed by atoms with Crippen LogP contribution in [0.2, 0.25) is 0 Å². The lowest BCUT2D eigenvalue weighted by Gasteiger charge is -2.37. The Morgan fingerprint density at radius 2 is 1.56 bits per heavy atom. The van der Waals surface area contributed by atoms with Gasteiger partial charge in [-0.15, -0.1) is 11.3 Å². The molecule has 5 nitrogen and oxygen atoms in total. The molecule has 1 aliphatic heterocycles. The highest BCUT2D eigenvalue weighted by Crippen LogP contribution is 2.42. The molecule has 0 spiro atoms. The van der Waals surface area contributed by atoms with E-state index in [1.54, 1.807) is 11.3 Å². The van der Waals surface area contributed by atoms with Crippen molar-refractivity contribution >= 4 is 33.1 Å². The topological polar surface area (TPSA) is 41.5 Å². The lowest BCUT2D eigenvalue weighted by molar-refractivity contribution is 0.340. The van der Waals surface area contributed by atoms with Gasteiger partial charge in [0.1, 0.15) is 22.2 Å². The highest BCUT2D eigenvalue weighted by Gasteiger charge is 2.24. The number of fused-ring (bicyclic) bond motifs is 1. The lowest BCUT2D eigenvalue weighted by atomic mass is 10.0. The molecule has 0 aliphatic carbocycles. The van der Waals surface area contributed by atoms with Gasteiger partial charge >= 0.3 is 0 Å². The molecule has 0 atom stereocenters. The molecule has 3 heterocycles. The molecule has 0 amide bonds. The SMILES string of the molecule is CCOc1ccc(-c2c(C)sc3nc(C)nc(N4CCN(c5ccccc5)CC4)c23)cc1. The van der Waals surface area contributed by atoms with E-state index in [2.05, 4.69) is 71.3 Å². The van der Waals surface area contributed by atoms with E-state index >= 15 is 0 Å². The highest BCUT2D eigenvalue weighted by molar-refractivity contribution is 7.19. The maximum atomic E-state index is 5.64. The molecule has 0 saturated carbocycles. The van der Waals surface area contributed by atoms with Crippen LogP contribution in [-0.4, -0.2) is 42.8 Å². The number of aryl methyl sites for hydroxylation is 2. The van der Waals surface area contributed by atoms with Gasteiger partial charge in [0.25, 0.3) is 0 Å². The maximum absolute atomic E-state index is 5.64. The molecule has 0 bridgehead atoms. The third kappa shape index (κ3) is 3.91. The van der Waals surface area contributed by atoms with Crippen molar-refractivity contribution in [1.82, 2.24) is 9.97 Å². The molecule has 1 aliphatic rings. The van der Waals surface area contributed by atoms with E-state index in [-0.39, 0.29) is 0 Å². The van der Waals surface area contributed by atoms with Crippen molar-refractivity contribution in [1.29, 1.82) is 0 Å². The van der Waals surface area contributed by atoms with Crippen LogP contribution in [0.15, 0.2) is 54.6 Å². The number of nitrogens with zero attached hydrogens (tertiary/aromatic N) is 4. The Bertz CT molecular complexity index is 1210. The van der Waals surface area contributed by atoms with Crippen LogP contribution in [0, 0.1) is 13.8 Å². The van der Waals surface area contributed by atoms with Crippen LogP contribution in [0.3, 0.4) is 0 Å².